The lowest BCUT2D eigenvalue weighted by molar-refractivity contribution is -0.131. The number of benzene rings is 1. The maximum atomic E-state index is 12.8. The Morgan fingerprint density at radius 1 is 1.14 bits per heavy atom. The van der Waals surface area contributed by atoms with Gasteiger partial charge in [0.1, 0.15) is 5.82 Å². The Labute approximate surface area is 123 Å². The summed E-state index contributed by atoms with van der Waals surface area (Å²) in [6, 6.07) is 5.41. The van der Waals surface area contributed by atoms with Gasteiger partial charge in [0.25, 0.3) is 0 Å². The van der Waals surface area contributed by atoms with E-state index in [-0.39, 0.29) is 23.7 Å². The maximum absolute atomic E-state index is 12.8. The molecule has 1 atom stereocenters. The van der Waals surface area contributed by atoms with Gasteiger partial charge in [0.2, 0.25) is 11.8 Å². The van der Waals surface area contributed by atoms with E-state index in [1.807, 2.05) is 11.8 Å². The summed E-state index contributed by atoms with van der Waals surface area (Å²) in [5.41, 5.74) is 0.579. The minimum absolute atomic E-state index is 0.0677. The van der Waals surface area contributed by atoms with E-state index >= 15 is 0 Å². The quantitative estimate of drug-likeness (QED) is 0.914. The number of amides is 2. The Bertz CT molecular complexity index is 510. The molecule has 1 saturated heterocycles. The molecule has 1 aromatic carbocycles. The number of rotatable bonds is 3. The van der Waals surface area contributed by atoms with Gasteiger partial charge in [0.15, 0.2) is 0 Å². The predicted molar refractivity (Wildman–Crippen MR) is 78.3 cm³/mol. The standard InChI is InChI=1S/C15H20FN3O2/c1-11(18-7-9-19(10-8-18)12(2)20)15(21)17-14-5-3-13(16)4-6-14/h3-6,11H,7-10H2,1-2H3,(H,17,21)/t11-/m1/s1. The summed E-state index contributed by atoms with van der Waals surface area (Å²) < 4.78 is 12.8. The monoisotopic (exact) mass is 293 g/mol. The Hall–Kier alpha value is -1.95. The van der Waals surface area contributed by atoms with Crippen LogP contribution < -0.4 is 5.32 Å². The van der Waals surface area contributed by atoms with Crippen LogP contribution in [0.3, 0.4) is 0 Å². The molecule has 6 heteroatoms. The van der Waals surface area contributed by atoms with Crippen molar-refractivity contribution in [2.45, 2.75) is 19.9 Å². The van der Waals surface area contributed by atoms with Gasteiger partial charge in [-0.15, -0.1) is 0 Å². The summed E-state index contributed by atoms with van der Waals surface area (Å²) in [6.07, 6.45) is 0. The predicted octanol–water partition coefficient (Wildman–Crippen LogP) is 1.32. The lowest BCUT2D eigenvalue weighted by Gasteiger charge is -2.37. The van der Waals surface area contributed by atoms with Gasteiger partial charge in [-0.1, -0.05) is 0 Å². The van der Waals surface area contributed by atoms with E-state index in [1.54, 1.807) is 11.8 Å². The van der Waals surface area contributed by atoms with Crippen molar-refractivity contribution in [3.05, 3.63) is 30.1 Å². The molecular formula is C15H20FN3O2. The van der Waals surface area contributed by atoms with Crippen molar-refractivity contribution in [3.8, 4) is 0 Å². The second-order valence-electron chi connectivity index (χ2n) is 5.21. The van der Waals surface area contributed by atoms with E-state index in [1.165, 1.54) is 24.3 Å². The van der Waals surface area contributed by atoms with E-state index in [0.29, 0.717) is 31.9 Å². The molecule has 1 aromatic rings. The highest BCUT2D eigenvalue weighted by Gasteiger charge is 2.26. The van der Waals surface area contributed by atoms with Crippen LogP contribution in [0, 0.1) is 5.82 Å². The Morgan fingerprint density at radius 2 is 1.71 bits per heavy atom. The van der Waals surface area contributed by atoms with Crippen molar-refractivity contribution in [2.24, 2.45) is 0 Å². The average molecular weight is 293 g/mol. The molecule has 114 valence electrons. The Kier molecular flexibility index (Phi) is 4.90. The van der Waals surface area contributed by atoms with Gasteiger partial charge < -0.3 is 10.2 Å². The first-order chi connectivity index (χ1) is 9.97. The SMILES string of the molecule is CC(=O)N1CCN([C@H](C)C(=O)Nc2ccc(F)cc2)CC1. The highest BCUT2D eigenvalue weighted by atomic mass is 19.1. The van der Waals surface area contributed by atoms with Crippen molar-refractivity contribution in [1.82, 2.24) is 9.80 Å². The first-order valence-electron chi connectivity index (χ1n) is 7.03. The van der Waals surface area contributed by atoms with Crippen LogP contribution in [-0.4, -0.2) is 53.8 Å². The number of carbonyl (C=O) groups excluding carboxylic acids is 2. The van der Waals surface area contributed by atoms with Gasteiger partial charge in [-0.2, -0.15) is 0 Å². The minimum Gasteiger partial charge on any atom is -0.340 e. The molecule has 2 rings (SSSR count). The molecule has 21 heavy (non-hydrogen) atoms. The maximum Gasteiger partial charge on any atom is 0.241 e. The third kappa shape index (κ3) is 4.01. The van der Waals surface area contributed by atoms with Crippen molar-refractivity contribution in [1.29, 1.82) is 0 Å². The molecule has 0 aliphatic carbocycles. The fourth-order valence-electron chi connectivity index (χ4n) is 2.37. The summed E-state index contributed by atoms with van der Waals surface area (Å²) in [4.78, 5) is 27.3. The minimum atomic E-state index is -0.332. The normalized spacial score (nSPS) is 17.4. The molecule has 1 aliphatic heterocycles. The largest absolute Gasteiger partial charge is 0.340 e. The number of anilines is 1. The van der Waals surface area contributed by atoms with Crippen LogP contribution in [0.4, 0.5) is 10.1 Å². The molecule has 0 bridgehead atoms. The summed E-state index contributed by atoms with van der Waals surface area (Å²) in [7, 11) is 0. The molecule has 0 spiro atoms. The molecule has 0 radical (unpaired) electrons. The van der Waals surface area contributed by atoms with E-state index in [2.05, 4.69) is 5.32 Å². The third-order valence-electron chi connectivity index (χ3n) is 3.80. The van der Waals surface area contributed by atoms with Crippen LogP contribution in [0.25, 0.3) is 0 Å². The van der Waals surface area contributed by atoms with Crippen molar-refractivity contribution in [2.75, 3.05) is 31.5 Å². The van der Waals surface area contributed by atoms with Crippen molar-refractivity contribution >= 4 is 17.5 Å². The zero-order chi connectivity index (χ0) is 15.4. The average Bonchev–Trinajstić information content (AvgIpc) is 2.49. The molecular weight excluding hydrogens is 273 g/mol. The zero-order valence-electron chi connectivity index (χ0n) is 12.3. The number of hydrogen-bond donors (Lipinski definition) is 1. The summed E-state index contributed by atoms with van der Waals surface area (Å²) in [5, 5.41) is 2.77. The molecule has 2 amide bonds. The van der Waals surface area contributed by atoms with Crippen LogP contribution in [0.2, 0.25) is 0 Å². The van der Waals surface area contributed by atoms with E-state index in [9.17, 15) is 14.0 Å². The number of nitrogens with zero attached hydrogens (tertiary/aromatic N) is 2. The van der Waals surface area contributed by atoms with Gasteiger partial charge in [-0.25, -0.2) is 4.39 Å². The highest BCUT2D eigenvalue weighted by molar-refractivity contribution is 5.94. The second kappa shape index (κ2) is 6.67. The lowest BCUT2D eigenvalue weighted by atomic mass is 10.2. The topological polar surface area (TPSA) is 52.7 Å². The van der Waals surface area contributed by atoms with Crippen LogP contribution in [0.1, 0.15) is 13.8 Å². The van der Waals surface area contributed by atoms with Gasteiger partial charge in [-0.3, -0.25) is 14.5 Å². The van der Waals surface area contributed by atoms with Crippen LogP contribution >= 0.6 is 0 Å². The summed E-state index contributed by atoms with van der Waals surface area (Å²) in [6.45, 7) is 6.03. The second-order valence-corrected chi connectivity index (χ2v) is 5.21. The summed E-state index contributed by atoms with van der Waals surface area (Å²) in [5.74, 6) is -0.391. The molecule has 1 heterocycles. The molecule has 1 aliphatic rings. The van der Waals surface area contributed by atoms with Gasteiger partial charge in [-0.05, 0) is 31.2 Å². The molecule has 0 unspecified atom stereocenters. The van der Waals surface area contributed by atoms with E-state index in [0.717, 1.165) is 0 Å². The molecule has 5 nitrogen and oxygen atoms in total. The van der Waals surface area contributed by atoms with Crippen molar-refractivity contribution in [3.63, 3.8) is 0 Å². The lowest BCUT2D eigenvalue weighted by Crippen LogP contribution is -2.53. The van der Waals surface area contributed by atoms with Crippen LogP contribution in [0.15, 0.2) is 24.3 Å². The van der Waals surface area contributed by atoms with Gasteiger partial charge in [0, 0.05) is 38.8 Å². The van der Waals surface area contributed by atoms with E-state index in [4.69, 9.17) is 0 Å². The zero-order valence-corrected chi connectivity index (χ0v) is 12.3. The number of hydrogen-bond acceptors (Lipinski definition) is 3. The first-order valence-corrected chi connectivity index (χ1v) is 7.03. The number of halogens is 1. The first kappa shape index (κ1) is 15.4. The molecule has 1 fully saturated rings. The Morgan fingerprint density at radius 3 is 2.24 bits per heavy atom. The number of piperazine rings is 1. The highest BCUT2D eigenvalue weighted by Crippen LogP contribution is 2.12. The number of carbonyl (C=O) groups is 2. The van der Waals surface area contributed by atoms with Gasteiger partial charge in [0.05, 0.1) is 6.04 Å². The van der Waals surface area contributed by atoms with Crippen LogP contribution in [0.5, 0.6) is 0 Å². The fourth-order valence-corrected chi connectivity index (χ4v) is 2.37. The van der Waals surface area contributed by atoms with Crippen molar-refractivity contribution < 1.29 is 14.0 Å². The van der Waals surface area contributed by atoms with E-state index < -0.39 is 0 Å². The third-order valence-corrected chi connectivity index (χ3v) is 3.80. The summed E-state index contributed by atoms with van der Waals surface area (Å²) >= 11 is 0. The molecule has 1 N–H and O–H groups in total. The Balaban J connectivity index is 1.88. The molecule has 0 aromatic heterocycles. The fraction of sp³-hybridized carbons (Fsp3) is 0.467. The molecule has 0 saturated carbocycles. The smallest absolute Gasteiger partial charge is 0.241 e. The van der Waals surface area contributed by atoms with Gasteiger partial charge >= 0.3 is 0 Å². The number of nitrogens with one attached hydrogen (secondary N) is 1. The van der Waals surface area contributed by atoms with Crippen LogP contribution in [-0.2, 0) is 9.59 Å².